The van der Waals surface area contributed by atoms with Crippen molar-refractivity contribution in [2.24, 2.45) is 0 Å². The molecule has 7 nitrogen and oxygen atoms in total. The quantitative estimate of drug-likeness (QED) is 0.444. The van der Waals surface area contributed by atoms with Gasteiger partial charge in [0.1, 0.15) is 5.75 Å². The second-order valence-electron chi connectivity index (χ2n) is 8.46. The Morgan fingerprint density at radius 2 is 1.85 bits per heavy atom. The number of aromatic nitrogens is 1. The minimum absolute atomic E-state index is 0.142. The van der Waals surface area contributed by atoms with Gasteiger partial charge in [0.25, 0.3) is 0 Å². The van der Waals surface area contributed by atoms with E-state index in [1.807, 2.05) is 26.0 Å². The molecule has 182 valence electrons. The third kappa shape index (κ3) is 5.78. The molecule has 0 atom stereocenters. The number of sulfone groups is 1. The number of benzene rings is 2. The fourth-order valence-electron chi connectivity index (χ4n) is 3.88. The highest BCUT2D eigenvalue weighted by Gasteiger charge is 2.27. The molecule has 2 aromatic carbocycles. The lowest BCUT2D eigenvalue weighted by atomic mass is 10.2. The smallest absolute Gasteiger partial charge is 0.244 e. The summed E-state index contributed by atoms with van der Waals surface area (Å²) in [6.45, 7) is 8.10. The number of rotatable bonds is 8. The molecule has 1 saturated heterocycles. The van der Waals surface area contributed by atoms with Gasteiger partial charge in [0.2, 0.25) is 5.91 Å². The number of nitrogens with zero attached hydrogens (tertiary/aromatic N) is 3. The maximum absolute atomic E-state index is 13.4. The van der Waals surface area contributed by atoms with E-state index in [9.17, 15) is 13.2 Å². The fourth-order valence-corrected chi connectivity index (χ4v) is 6.44. The maximum Gasteiger partial charge on any atom is 0.244 e. The molecular formula is C24H28ClN3O4S2. The number of hydrogen-bond acceptors (Lipinski definition) is 7. The maximum atomic E-state index is 13.4. The zero-order valence-electron chi connectivity index (χ0n) is 19.3. The van der Waals surface area contributed by atoms with Gasteiger partial charge in [-0.3, -0.25) is 14.6 Å². The number of ether oxygens (including phenoxy) is 1. The summed E-state index contributed by atoms with van der Waals surface area (Å²) in [4.78, 5) is 22.0. The van der Waals surface area contributed by atoms with Crippen LogP contribution in [0.1, 0.15) is 17.5 Å². The van der Waals surface area contributed by atoms with Gasteiger partial charge in [-0.15, -0.1) is 0 Å². The van der Waals surface area contributed by atoms with Crippen LogP contribution in [0.2, 0.25) is 5.02 Å². The van der Waals surface area contributed by atoms with Crippen molar-refractivity contribution < 1.29 is 17.9 Å². The Labute approximate surface area is 209 Å². The second-order valence-corrected chi connectivity index (χ2v) is 11.8. The number of anilines is 1. The molecule has 0 radical (unpaired) electrons. The fraction of sp³-hybridized carbons (Fsp3) is 0.417. The zero-order chi connectivity index (χ0) is 24.3. The van der Waals surface area contributed by atoms with Crippen LogP contribution in [0.4, 0.5) is 5.13 Å². The van der Waals surface area contributed by atoms with E-state index < -0.39 is 21.5 Å². The molecule has 2 heterocycles. The Balaban J connectivity index is 1.58. The summed E-state index contributed by atoms with van der Waals surface area (Å²) in [6, 6.07) is 10.3. The van der Waals surface area contributed by atoms with Gasteiger partial charge in [-0.1, -0.05) is 46.7 Å². The van der Waals surface area contributed by atoms with Gasteiger partial charge in [-0.2, -0.15) is 0 Å². The lowest BCUT2D eigenvalue weighted by molar-refractivity contribution is -0.116. The highest BCUT2D eigenvalue weighted by molar-refractivity contribution is 7.92. The predicted molar refractivity (Wildman–Crippen MR) is 137 cm³/mol. The van der Waals surface area contributed by atoms with E-state index >= 15 is 0 Å². The van der Waals surface area contributed by atoms with Gasteiger partial charge in [-0.05, 0) is 44.0 Å². The molecule has 0 unspecified atom stereocenters. The van der Waals surface area contributed by atoms with Gasteiger partial charge in [0, 0.05) is 26.2 Å². The molecule has 0 N–H and O–H groups in total. The SMILES string of the molecule is Cc1ccc(S(=O)(=O)CC(=O)N(CCCN2CCOCC2)c2nc3c(C)ccc(Cl)c3s2)cc1. The van der Waals surface area contributed by atoms with E-state index in [0.29, 0.717) is 36.3 Å². The minimum Gasteiger partial charge on any atom is -0.379 e. The van der Waals surface area contributed by atoms with Crippen molar-refractivity contribution in [3.05, 3.63) is 52.5 Å². The molecule has 0 aliphatic carbocycles. The number of thiazole rings is 1. The first-order valence-corrected chi connectivity index (χ1v) is 14.0. The van der Waals surface area contributed by atoms with Crippen LogP contribution in [0.25, 0.3) is 10.2 Å². The topological polar surface area (TPSA) is 79.8 Å². The van der Waals surface area contributed by atoms with Crippen LogP contribution in [0.15, 0.2) is 41.3 Å². The molecule has 0 spiro atoms. The Morgan fingerprint density at radius 1 is 1.15 bits per heavy atom. The summed E-state index contributed by atoms with van der Waals surface area (Å²) in [5.74, 6) is -1.11. The van der Waals surface area contributed by atoms with Crippen LogP contribution in [-0.4, -0.2) is 69.4 Å². The van der Waals surface area contributed by atoms with Crippen LogP contribution in [0.3, 0.4) is 0 Å². The number of fused-ring (bicyclic) bond motifs is 1. The summed E-state index contributed by atoms with van der Waals surface area (Å²) < 4.78 is 32.2. The lowest BCUT2D eigenvalue weighted by Crippen LogP contribution is -2.40. The Bertz CT molecular complexity index is 1230. The van der Waals surface area contributed by atoms with Crippen LogP contribution in [0, 0.1) is 13.8 Å². The standard InChI is InChI=1S/C24H28ClN3O4S2/c1-17-4-7-19(8-5-17)34(30,31)16-21(29)28(11-3-10-27-12-14-32-15-13-27)24-26-22-18(2)6-9-20(25)23(22)33-24/h4-9H,3,10-16H2,1-2H3. The largest absolute Gasteiger partial charge is 0.379 e. The highest BCUT2D eigenvalue weighted by Crippen LogP contribution is 2.36. The van der Waals surface area contributed by atoms with E-state index in [-0.39, 0.29) is 4.90 Å². The van der Waals surface area contributed by atoms with E-state index in [1.54, 1.807) is 24.3 Å². The van der Waals surface area contributed by atoms with Crippen molar-refractivity contribution in [1.82, 2.24) is 9.88 Å². The molecule has 1 fully saturated rings. The third-order valence-electron chi connectivity index (χ3n) is 5.87. The van der Waals surface area contributed by atoms with E-state index in [4.69, 9.17) is 16.3 Å². The number of aryl methyl sites for hydroxylation is 2. The predicted octanol–water partition coefficient (Wildman–Crippen LogP) is 4.10. The lowest BCUT2D eigenvalue weighted by Gasteiger charge is -2.27. The monoisotopic (exact) mass is 521 g/mol. The molecule has 3 aromatic rings. The Morgan fingerprint density at radius 3 is 2.53 bits per heavy atom. The van der Waals surface area contributed by atoms with Crippen molar-refractivity contribution in [1.29, 1.82) is 0 Å². The number of halogens is 1. The van der Waals surface area contributed by atoms with Crippen molar-refractivity contribution >= 4 is 54.0 Å². The van der Waals surface area contributed by atoms with Crippen molar-refractivity contribution in [3.8, 4) is 0 Å². The molecule has 1 aliphatic heterocycles. The molecule has 0 bridgehead atoms. The average molecular weight is 522 g/mol. The molecule has 4 rings (SSSR count). The van der Waals surface area contributed by atoms with Crippen molar-refractivity contribution in [2.75, 3.05) is 50.0 Å². The summed E-state index contributed by atoms with van der Waals surface area (Å²) in [5, 5.41) is 1.04. The average Bonchev–Trinajstić information content (AvgIpc) is 3.26. The molecule has 1 aromatic heterocycles. The summed E-state index contributed by atoms with van der Waals surface area (Å²) in [7, 11) is -3.79. The van der Waals surface area contributed by atoms with E-state index in [2.05, 4.69) is 9.88 Å². The Hall–Kier alpha value is -2.04. The molecule has 1 amide bonds. The zero-order valence-corrected chi connectivity index (χ0v) is 21.7. The summed E-state index contributed by atoms with van der Waals surface area (Å²) in [5.41, 5.74) is 2.64. The number of morpholine rings is 1. The first-order valence-electron chi connectivity index (χ1n) is 11.2. The first kappa shape index (κ1) is 25.1. The summed E-state index contributed by atoms with van der Waals surface area (Å²) in [6.07, 6.45) is 0.693. The molecule has 1 aliphatic rings. The van der Waals surface area contributed by atoms with Crippen molar-refractivity contribution in [2.45, 2.75) is 25.2 Å². The van der Waals surface area contributed by atoms with Crippen LogP contribution in [0.5, 0.6) is 0 Å². The number of carbonyl (C=O) groups is 1. The Kier molecular flexibility index (Phi) is 7.89. The highest BCUT2D eigenvalue weighted by atomic mass is 35.5. The van der Waals surface area contributed by atoms with Crippen LogP contribution < -0.4 is 4.90 Å². The van der Waals surface area contributed by atoms with Gasteiger partial charge in [0.15, 0.2) is 15.0 Å². The normalized spacial score (nSPS) is 15.0. The molecule has 0 saturated carbocycles. The van der Waals surface area contributed by atoms with Crippen LogP contribution in [-0.2, 0) is 19.4 Å². The number of hydrogen-bond donors (Lipinski definition) is 0. The van der Waals surface area contributed by atoms with Crippen LogP contribution >= 0.6 is 22.9 Å². The van der Waals surface area contributed by atoms with E-state index in [1.165, 1.54) is 16.2 Å². The summed E-state index contributed by atoms with van der Waals surface area (Å²) >= 11 is 7.70. The van der Waals surface area contributed by atoms with Crippen molar-refractivity contribution in [3.63, 3.8) is 0 Å². The molecule has 34 heavy (non-hydrogen) atoms. The van der Waals surface area contributed by atoms with Gasteiger partial charge in [0.05, 0.1) is 33.3 Å². The molecular weight excluding hydrogens is 494 g/mol. The van der Waals surface area contributed by atoms with E-state index in [0.717, 1.165) is 41.0 Å². The number of amides is 1. The van der Waals surface area contributed by atoms with Gasteiger partial charge < -0.3 is 4.74 Å². The minimum atomic E-state index is -3.79. The van der Waals surface area contributed by atoms with Gasteiger partial charge >= 0.3 is 0 Å². The third-order valence-corrected chi connectivity index (χ3v) is 9.03. The molecule has 10 heteroatoms. The second kappa shape index (κ2) is 10.7. The first-order chi connectivity index (χ1) is 16.2. The van der Waals surface area contributed by atoms with Gasteiger partial charge in [-0.25, -0.2) is 13.4 Å². The number of carbonyl (C=O) groups excluding carboxylic acids is 1.